The summed E-state index contributed by atoms with van der Waals surface area (Å²) in [4.78, 5) is 2.29. The van der Waals surface area contributed by atoms with Gasteiger partial charge >= 0.3 is 0 Å². The van der Waals surface area contributed by atoms with Gasteiger partial charge in [-0.3, -0.25) is 4.90 Å². The molecule has 2 rings (SSSR count). The molecule has 2 nitrogen and oxygen atoms in total. The lowest BCUT2D eigenvalue weighted by molar-refractivity contribution is 0.161. The van der Waals surface area contributed by atoms with Crippen LogP contribution < -0.4 is 5.32 Å². The van der Waals surface area contributed by atoms with Gasteiger partial charge in [0.15, 0.2) is 0 Å². The molecule has 0 bridgehead atoms. The molecule has 1 heterocycles. The van der Waals surface area contributed by atoms with E-state index in [1.807, 2.05) is 0 Å². The Bertz CT molecular complexity index is 434. The van der Waals surface area contributed by atoms with Crippen molar-refractivity contribution in [2.24, 2.45) is 0 Å². The Hall–Kier alpha value is -0.350. The Morgan fingerprint density at radius 1 is 1.32 bits per heavy atom. The van der Waals surface area contributed by atoms with Crippen LogP contribution in [0.5, 0.6) is 0 Å². The highest BCUT2D eigenvalue weighted by atomic mass is 35.5. The zero-order valence-corrected chi connectivity index (χ0v) is 12.6. The molecule has 1 fully saturated rings. The van der Waals surface area contributed by atoms with Crippen molar-refractivity contribution in [3.8, 4) is 0 Å². The van der Waals surface area contributed by atoms with Crippen LogP contribution in [0.1, 0.15) is 31.4 Å². The van der Waals surface area contributed by atoms with Crippen molar-refractivity contribution < 1.29 is 4.39 Å². The van der Waals surface area contributed by atoms with E-state index in [0.717, 1.165) is 39.0 Å². The molecule has 1 aliphatic heterocycles. The molecule has 5 heteroatoms. The summed E-state index contributed by atoms with van der Waals surface area (Å²) in [7, 11) is 0. The van der Waals surface area contributed by atoms with Crippen molar-refractivity contribution in [2.75, 3.05) is 26.2 Å². The van der Waals surface area contributed by atoms with Gasteiger partial charge in [-0.05, 0) is 18.6 Å². The Morgan fingerprint density at radius 2 is 2.00 bits per heavy atom. The quantitative estimate of drug-likeness (QED) is 0.849. The van der Waals surface area contributed by atoms with Gasteiger partial charge in [0.1, 0.15) is 5.82 Å². The zero-order valence-electron chi connectivity index (χ0n) is 11.1. The van der Waals surface area contributed by atoms with E-state index in [0.29, 0.717) is 15.6 Å². The third-order valence-electron chi connectivity index (χ3n) is 3.57. The van der Waals surface area contributed by atoms with Crippen LogP contribution in [0.15, 0.2) is 12.1 Å². The van der Waals surface area contributed by atoms with Gasteiger partial charge in [0.05, 0.1) is 10.0 Å². The Kier molecular flexibility index (Phi) is 5.46. The van der Waals surface area contributed by atoms with Gasteiger partial charge in [0.2, 0.25) is 0 Å². The molecule has 1 N–H and O–H groups in total. The zero-order chi connectivity index (χ0) is 13.8. The smallest absolute Gasteiger partial charge is 0.129 e. The molecule has 1 saturated heterocycles. The molecule has 1 atom stereocenters. The average molecular weight is 305 g/mol. The second-order valence-electron chi connectivity index (χ2n) is 4.85. The first kappa shape index (κ1) is 15.0. The summed E-state index contributed by atoms with van der Waals surface area (Å²) >= 11 is 12.3. The van der Waals surface area contributed by atoms with Crippen LogP contribution in [-0.4, -0.2) is 31.1 Å². The van der Waals surface area contributed by atoms with Crippen LogP contribution >= 0.6 is 23.2 Å². The van der Waals surface area contributed by atoms with Gasteiger partial charge in [-0.15, -0.1) is 0 Å². The average Bonchev–Trinajstić information content (AvgIpc) is 2.43. The van der Waals surface area contributed by atoms with Crippen molar-refractivity contribution in [2.45, 2.75) is 25.8 Å². The van der Waals surface area contributed by atoms with Crippen molar-refractivity contribution in [3.05, 3.63) is 33.6 Å². The van der Waals surface area contributed by atoms with E-state index < -0.39 is 0 Å². The monoisotopic (exact) mass is 304 g/mol. The minimum Gasteiger partial charge on any atom is -0.314 e. The standard InChI is InChI=1S/C14H19Cl2FN2/c1-2-3-12(19-8-6-18-7-9-19)13-11(17)5-4-10(15)14(13)16/h4-5,12,18H,2-3,6-9H2,1H3/t12-/m1/s1. The molecule has 106 valence electrons. The van der Waals surface area contributed by atoms with Crippen molar-refractivity contribution in [3.63, 3.8) is 0 Å². The summed E-state index contributed by atoms with van der Waals surface area (Å²) in [6.07, 6.45) is 1.87. The molecule has 0 unspecified atom stereocenters. The second-order valence-corrected chi connectivity index (χ2v) is 5.63. The van der Waals surface area contributed by atoms with E-state index in [4.69, 9.17) is 23.2 Å². The third-order valence-corrected chi connectivity index (χ3v) is 4.39. The van der Waals surface area contributed by atoms with Crippen LogP contribution in [-0.2, 0) is 0 Å². The number of nitrogens with zero attached hydrogens (tertiary/aromatic N) is 1. The van der Waals surface area contributed by atoms with Gasteiger partial charge in [0, 0.05) is 37.8 Å². The van der Waals surface area contributed by atoms with Crippen LogP contribution in [0.3, 0.4) is 0 Å². The van der Waals surface area contributed by atoms with Gasteiger partial charge in [-0.25, -0.2) is 4.39 Å². The first-order valence-corrected chi connectivity index (χ1v) is 7.49. The highest BCUT2D eigenvalue weighted by Crippen LogP contribution is 2.37. The first-order valence-electron chi connectivity index (χ1n) is 6.73. The SMILES string of the molecule is CCC[C@H](c1c(F)ccc(Cl)c1Cl)N1CCNCC1. The molecule has 0 aliphatic carbocycles. The van der Waals surface area contributed by atoms with Crippen molar-refractivity contribution in [1.82, 2.24) is 10.2 Å². The highest BCUT2D eigenvalue weighted by molar-refractivity contribution is 6.42. The molecular weight excluding hydrogens is 286 g/mol. The molecule has 0 radical (unpaired) electrons. The van der Waals surface area contributed by atoms with Crippen molar-refractivity contribution in [1.29, 1.82) is 0 Å². The Labute approximate surface area is 123 Å². The molecule has 0 saturated carbocycles. The number of benzene rings is 1. The van der Waals surface area contributed by atoms with Crippen LogP contribution in [0.4, 0.5) is 4.39 Å². The summed E-state index contributed by atoms with van der Waals surface area (Å²) in [5, 5.41) is 4.09. The molecule has 0 aromatic heterocycles. The van der Waals surface area contributed by atoms with Crippen molar-refractivity contribution >= 4 is 23.2 Å². The molecule has 1 aromatic rings. The fraction of sp³-hybridized carbons (Fsp3) is 0.571. The molecule has 0 spiro atoms. The summed E-state index contributed by atoms with van der Waals surface area (Å²) in [5.74, 6) is -0.258. The minimum atomic E-state index is -0.258. The van der Waals surface area contributed by atoms with E-state index in [1.165, 1.54) is 12.1 Å². The fourth-order valence-electron chi connectivity index (χ4n) is 2.62. The Balaban J connectivity index is 2.35. The van der Waals surface area contributed by atoms with Crippen LogP contribution in [0.25, 0.3) is 0 Å². The molecule has 1 aliphatic rings. The predicted octanol–water partition coefficient (Wildman–Crippen LogP) is 3.88. The molecule has 19 heavy (non-hydrogen) atoms. The maximum Gasteiger partial charge on any atom is 0.129 e. The third kappa shape index (κ3) is 3.40. The lowest BCUT2D eigenvalue weighted by atomic mass is 9.99. The number of rotatable bonds is 4. The number of piperazine rings is 1. The van der Waals surface area contributed by atoms with E-state index >= 15 is 0 Å². The minimum absolute atomic E-state index is 0.0123. The largest absolute Gasteiger partial charge is 0.314 e. The summed E-state index contributed by atoms with van der Waals surface area (Å²) in [6, 6.07) is 2.94. The normalized spacial score (nSPS) is 18.5. The van der Waals surface area contributed by atoms with Gasteiger partial charge in [0.25, 0.3) is 0 Å². The fourth-order valence-corrected chi connectivity index (χ4v) is 3.07. The summed E-state index contributed by atoms with van der Waals surface area (Å²) in [6.45, 7) is 5.78. The van der Waals surface area contributed by atoms with E-state index in [9.17, 15) is 4.39 Å². The predicted molar refractivity (Wildman–Crippen MR) is 78.5 cm³/mol. The van der Waals surface area contributed by atoms with Crippen LogP contribution in [0.2, 0.25) is 10.0 Å². The van der Waals surface area contributed by atoms with Gasteiger partial charge < -0.3 is 5.32 Å². The molecule has 0 amide bonds. The number of nitrogens with one attached hydrogen (secondary N) is 1. The van der Waals surface area contributed by atoms with E-state index in [-0.39, 0.29) is 11.9 Å². The lowest BCUT2D eigenvalue weighted by Gasteiger charge is -2.35. The topological polar surface area (TPSA) is 15.3 Å². The first-order chi connectivity index (χ1) is 9.15. The lowest BCUT2D eigenvalue weighted by Crippen LogP contribution is -2.45. The second kappa shape index (κ2) is 6.89. The van der Waals surface area contributed by atoms with Gasteiger partial charge in [-0.1, -0.05) is 36.5 Å². The Morgan fingerprint density at radius 3 is 2.63 bits per heavy atom. The summed E-state index contributed by atoms with van der Waals surface area (Å²) < 4.78 is 14.2. The molecular formula is C14H19Cl2FN2. The maximum atomic E-state index is 14.2. The number of hydrogen-bond donors (Lipinski definition) is 1. The summed E-state index contributed by atoms with van der Waals surface area (Å²) in [5.41, 5.74) is 0.554. The number of hydrogen-bond acceptors (Lipinski definition) is 2. The maximum absolute atomic E-state index is 14.2. The van der Waals surface area contributed by atoms with E-state index in [1.54, 1.807) is 0 Å². The molecule has 1 aromatic carbocycles. The number of halogens is 3. The van der Waals surface area contributed by atoms with Gasteiger partial charge in [-0.2, -0.15) is 0 Å². The van der Waals surface area contributed by atoms with E-state index in [2.05, 4.69) is 17.1 Å². The highest BCUT2D eigenvalue weighted by Gasteiger charge is 2.26. The van der Waals surface area contributed by atoms with Crippen LogP contribution in [0, 0.1) is 5.82 Å².